The van der Waals surface area contributed by atoms with Gasteiger partial charge in [-0.05, 0) is 48.3 Å². The maximum absolute atomic E-state index is 5.82. The molecule has 3 rings (SSSR count). The fourth-order valence-corrected chi connectivity index (χ4v) is 2.78. The van der Waals surface area contributed by atoms with Crippen molar-refractivity contribution in [2.75, 3.05) is 13.2 Å². The zero-order valence-corrected chi connectivity index (χ0v) is 15.4. The SMILES string of the molecule is S=C(NCC1CCCO1)NN=Cc1cccc(OCc2ccccc2)c1. The van der Waals surface area contributed by atoms with Crippen LogP contribution in [0.25, 0.3) is 0 Å². The lowest BCUT2D eigenvalue weighted by atomic mass is 10.2. The molecule has 6 heteroatoms. The highest BCUT2D eigenvalue weighted by molar-refractivity contribution is 7.80. The van der Waals surface area contributed by atoms with Crippen molar-refractivity contribution < 1.29 is 9.47 Å². The van der Waals surface area contributed by atoms with E-state index < -0.39 is 0 Å². The van der Waals surface area contributed by atoms with Crippen LogP contribution in [0.1, 0.15) is 24.0 Å². The van der Waals surface area contributed by atoms with E-state index in [2.05, 4.69) is 15.8 Å². The van der Waals surface area contributed by atoms with Gasteiger partial charge in [-0.3, -0.25) is 5.43 Å². The molecule has 1 fully saturated rings. The van der Waals surface area contributed by atoms with Gasteiger partial charge in [-0.15, -0.1) is 0 Å². The first-order valence-corrected chi connectivity index (χ1v) is 9.16. The number of hydrogen-bond donors (Lipinski definition) is 2. The maximum atomic E-state index is 5.82. The van der Waals surface area contributed by atoms with Gasteiger partial charge in [-0.25, -0.2) is 0 Å². The molecule has 2 aromatic rings. The standard InChI is InChI=1S/C20H23N3O2S/c26-20(21-14-19-10-5-11-24-19)23-22-13-17-8-4-9-18(12-17)25-15-16-6-2-1-3-7-16/h1-4,6-9,12-13,19H,5,10-11,14-15H2,(H2,21,23,26). The molecule has 136 valence electrons. The summed E-state index contributed by atoms with van der Waals surface area (Å²) in [6.07, 6.45) is 4.16. The molecular formula is C20H23N3O2S. The molecule has 0 amide bonds. The van der Waals surface area contributed by atoms with Crippen LogP contribution in [0.2, 0.25) is 0 Å². The fraction of sp³-hybridized carbons (Fsp3) is 0.300. The van der Waals surface area contributed by atoms with Crippen LogP contribution in [-0.4, -0.2) is 30.6 Å². The molecule has 5 nitrogen and oxygen atoms in total. The molecule has 2 aromatic carbocycles. The van der Waals surface area contributed by atoms with Gasteiger partial charge in [0.1, 0.15) is 12.4 Å². The van der Waals surface area contributed by atoms with Crippen LogP contribution in [0, 0.1) is 0 Å². The van der Waals surface area contributed by atoms with E-state index in [-0.39, 0.29) is 6.10 Å². The van der Waals surface area contributed by atoms with Gasteiger partial charge in [0.2, 0.25) is 0 Å². The van der Waals surface area contributed by atoms with Crippen LogP contribution in [0.4, 0.5) is 0 Å². The van der Waals surface area contributed by atoms with Crippen molar-refractivity contribution in [3.63, 3.8) is 0 Å². The summed E-state index contributed by atoms with van der Waals surface area (Å²) < 4.78 is 11.4. The summed E-state index contributed by atoms with van der Waals surface area (Å²) in [6, 6.07) is 17.9. The number of ether oxygens (including phenoxy) is 2. The second-order valence-electron chi connectivity index (χ2n) is 6.06. The molecule has 0 aliphatic carbocycles. The quantitative estimate of drug-likeness (QED) is 0.446. The van der Waals surface area contributed by atoms with Gasteiger partial charge in [0.25, 0.3) is 0 Å². The van der Waals surface area contributed by atoms with Crippen LogP contribution in [0.3, 0.4) is 0 Å². The van der Waals surface area contributed by atoms with E-state index >= 15 is 0 Å². The van der Waals surface area contributed by atoms with Crippen molar-refractivity contribution in [2.45, 2.75) is 25.6 Å². The predicted molar refractivity (Wildman–Crippen MR) is 108 cm³/mol. The minimum absolute atomic E-state index is 0.247. The Morgan fingerprint density at radius 2 is 2.12 bits per heavy atom. The van der Waals surface area contributed by atoms with Crippen molar-refractivity contribution >= 4 is 23.5 Å². The minimum atomic E-state index is 0.247. The lowest BCUT2D eigenvalue weighted by Gasteiger charge is -2.11. The zero-order chi connectivity index (χ0) is 18.0. The zero-order valence-electron chi connectivity index (χ0n) is 14.6. The van der Waals surface area contributed by atoms with Gasteiger partial charge >= 0.3 is 0 Å². The van der Waals surface area contributed by atoms with Crippen molar-refractivity contribution in [2.24, 2.45) is 5.10 Å². The van der Waals surface area contributed by atoms with Gasteiger partial charge < -0.3 is 14.8 Å². The highest BCUT2D eigenvalue weighted by Gasteiger charge is 2.14. The number of nitrogens with one attached hydrogen (secondary N) is 2. The first-order chi connectivity index (χ1) is 12.8. The Labute approximate surface area is 159 Å². The summed E-state index contributed by atoms with van der Waals surface area (Å²) in [5.74, 6) is 0.803. The third-order valence-electron chi connectivity index (χ3n) is 4.00. The Balaban J connectivity index is 1.43. The van der Waals surface area contributed by atoms with Crippen LogP contribution in [0.15, 0.2) is 59.7 Å². The third-order valence-corrected chi connectivity index (χ3v) is 4.24. The summed E-state index contributed by atoms with van der Waals surface area (Å²) >= 11 is 5.21. The smallest absolute Gasteiger partial charge is 0.187 e. The van der Waals surface area contributed by atoms with Gasteiger partial charge in [0.15, 0.2) is 5.11 Å². The topological polar surface area (TPSA) is 54.9 Å². The lowest BCUT2D eigenvalue weighted by molar-refractivity contribution is 0.114. The van der Waals surface area contributed by atoms with Gasteiger partial charge in [0.05, 0.1) is 12.3 Å². The summed E-state index contributed by atoms with van der Waals surface area (Å²) in [6.45, 7) is 2.09. The van der Waals surface area contributed by atoms with E-state index in [0.717, 1.165) is 36.3 Å². The molecule has 0 spiro atoms. The van der Waals surface area contributed by atoms with E-state index in [4.69, 9.17) is 21.7 Å². The van der Waals surface area contributed by atoms with Gasteiger partial charge in [0, 0.05) is 13.2 Å². The van der Waals surface area contributed by atoms with Crippen LogP contribution in [0.5, 0.6) is 5.75 Å². The minimum Gasteiger partial charge on any atom is -0.489 e. The number of hydrazone groups is 1. The summed E-state index contributed by atoms with van der Waals surface area (Å²) in [7, 11) is 0. The molecule has 1 aliphatic rings. The fourth-order valence-electron chi connectivity index (χ4n) is 2.64. The van der Waals surface area contributed by atoms with E-state index in [9.17, 15) is 0 Å². The molecule has 26 heavy (non-hydrogen) atoms. The van der Waals surface area contributed by atoms with Crippen LogP contribution >= 0.6 is 12.2 Å². The molecule has 0 saturated carbocycles. The van der Waals surface area contributed by atoms with Crippen molar-refractivity contribution in [1.82, 2.24) is 10.7 Å². The lowest BCUT2D eigenvalue weighted by Crippen LogP contribution is -2.37. The molecule has 1 heterocycles. The predicted octanol–water partition coefficient (Wildman–Crippen LogP) is 3.24. The van der Waals surface area contributed by atoms with E-state index in [1.165, 1.54) is 0 Å². The molecular weight excluding hydrogens is 346 g/mol. The van der Waals surface area contributed by atoms with Crippen LogP contribution in [-0.2, 0) is 11.3 Å². The Morgan fingerprint density at radius 1 is 1.23 bits per heavy atom. The largest absolute Gasteiger partial charge is 0.489 e. The number of thiocarbonyl (C=S) groups is 1. The van der Waals surface area contributed by atoms with Crippen molar-refractivity contribution in [1.29, 1.82) is 0 Å². The van der Waals surface area contributed by atoms with Crippen LogP contribution < -0.4 is 15.5 Å². The summed E-state index contributed by atoms with van der Waals surface area (Å²) in [5.41, 5.74) is 4.90. The molecule has 2 N–H and O–H groups in total. The Bertz CT molecular complexity index is 731. The first kappa shape index (κ1) is 18.4. The second-order valence-corrected chi connectivity index (χ2v) is 6.47. The van der Waals surface area contributed by atoms with Crippen molar-refractivity contribution in [3.8, 4) is 5.75 Å². The number of benzene rings is 2. The number of nitrogens with zero attached hydrogens (tertiary/aromatic N) is 1. The molecule has 1 aliphatic heterocycles. The average molecular weight is 369 g/mol. The normalized spacial score (nSPS) is 16.5. The summed E-state index contributed by atoms with van der Waals surface area (Å²) in [4.78, 5) is 0. The Kier molecular flexibility index (Phi) is 6.98. The van der Waals surface area contributed by atoms with E-state index in [1.807, 2.05) is 54.6 Å². The Hall–Kier alpha value is -2.44. The third kappa shape index (κ3) is 6.13. The Morgan fingerprint density at radius 3 is 2.92 bits per heavy atom. The molecule has 0 bridgehead atoms. The van der Waals surface area contributed by atoms with E-state index in [0.29, 0.717) is 18.3 Å². The first-order valence-electron chi connectivity index (χ1n) is 8.75. The maximum Gasteiger partial charge on any atom is 0.187 e. The molecule has 0 radical (unpaired) electrons. The highest BCUT2D eigenvalue weighted by atomic mass is 32.1. The molecule has 1 saturated heterocycles. The monoisotopic (exact) mass is 369 g/mol. The highest BCUT2D eigenvalue weighted by Crippen LogP contribution is 2.14. The number of hydrogen-bond acceptors (Lipinski definition) is 4. The van der Waals surface area contributed by atoms with E-state index in [1.54, 1.807) is 6.21 Å². The second kappa shape index (κ2) is 9.89. The number of rotatable bonds is 7. The molecule has 0 aromatic heterocycles. The average Bonchev–Trinajstić information content (AvgIpc) is 3.20. The van der Waals surface area contributed by atoms with Gasteiger partial charge in [-0.2, -0.15) is 5.10 Å². The van der Waals surface area contributed by atoms with Gasteiger partial charge in [-0.1, -0.05) is 42.5 Å². The molecule has 1 unspecified atom stereocenters. The van der Waals surface area contributed by atoms with Crippen molar-refractivity contribution in [3.05, 3.63) is 65.7 Å². The molecule has 1 atom stereocenters. The summed E-state index contributed by atoms with van der Waals surface area (Å²) in [5, 5.41) is 7.78.